The molecule has 3 nitrogen and oxygen atoms in total. The number of carbonyl (C=O) groups excluding carboxylic acids is 2. The van der Waals surface area contributed by atoms with Gasteiger partial charge in [0.1, 0.15) is 5.82 Å². The second kappa shape index (κ2) is 5.82. The highest BCUT2D eigenvalue weighted by atomic mass is 32.2. The molecular weight excluding hydrogens is 243 g/mol. The Bertz CT molecular complexity index is 457. The Morgan fingerprint density at radius 3 is 2.59 bits per heavy atom. The van der Waals surface area contributed by atoms with E-state index in [2.05, 4.69) is 4.74 Å². The average molecular weight is 256 g/mol. The number of rotatable bonds is 4. The number of benzene rings is 1. The summed E-state index contributed by atoms with van der Waals surface area (Å²) in [4.78, 5) is 23.6. The number of Topliss-reactive ketones (excluding diaryl/α,β-unsaturated/α-hetero) is 1. The lowest BCUT2D eigenvalue weighted by Crippen LogP contribution is -2.19. The Morgan fingerprint density at radius 1 is 1.41 bits per heavy atom. The predicted molar refractivity (Wildman–Crippen MR) is 63.9 cm³/mol. The first-order chi connectivity index (χ1) is 8.01. The maximum absolute atomic E-state index is 13.6. The van der Waals surface area contributed by atoms with Gasteiger partial charge in [0, 0.05) is 4.90 Å². The van der Waals surface area contributed by atoms with E-state index in [9.17, 15) is 14.0 Å². The minimum atomic E-state index is -1.03. The molecule has 0 heterocycles. The molecule has 5 heteroatoms. The molecule has 0 atom stereocenters. The van der Waals surface area contributed by atoms with Crippen LogP contribution >= 0.6 is 11.8 Å². The van der Waals surface area contributed by atoms with Gasteiger partial charge in [-0.05, 0) is 37.8 Å². The van der Waals surface area contributed by atoms with E-state index in [1.807, 2.05) is 6.26 Å². The third-order valence-electron chi connectivity index (χ3n) is 2.19. The van der Waals surface area contributed by atoms with Gasteiger partial charge in [0.2, 0.25) is 0 Å². The number of esters is 1. The lowest BCUT2D eigenvalue weighted by atomic mass is 10.1. The largest absolute Gasteiger partial charge is 0.460 e. The van der Waals surface area contributed by atoms with Crippen molar-refractivity contribution in [1.29, 1.82) is 0 Å². The van der Waals surface area contributed by atoms with E-state index in [-0.39, 0.29) is 12.2 Å². The van der Waals surface area contributed by atoms with Gasteiger partial charge in [-0.1, -0.05) is 0 Å². The highest BCUT2D eigenvalue weighted by molar-refractivity contribution is 7.98. The van der Waals surface area contributed by atoms with E-state index >= 15 is 0 Å². The zero-order valence-corrected chi connectivity index (χ0v) is 10.7. The quantitative estimate of drug-likeness (QED) is 0.359. The van der Waals surface area contributed by atoms with Crippen molar-refractivity contribution in [2.24, 2.45) is 0 Å². The van der Waals surface area contributed by atoms with Gasteiger partial charge >= 0.3 is 5.97 Å². The van der Waals surface area contributed by atoms with Crippen LogP contribution in [-0.2, 0) is 9.53 Å². The molecule has 0 radical (unpaired) electrons. The monoisotopic (exact) mass is 256 g/mol. The van der Waals surface area contributed by atoms with Crippen LogP contribution in [0.2, 0.25) is 0 Å². The highest BCUT2D eigenvalue weighted by Gasteiger charge is 2.22. The van der Waals surface area contributed by atoms with Crippen LogP contribution in [0.15, 0.2) is 17.0 Å². The van der Waals surface area contributed by atoms with Crippen LogP contribution in [-0.4, -0.2) is 24.6 Å². The lowest BCUT2D eigenvalue weighted by Gasteiger charge is -2.07. The fourth-order valence-electron chi connectivity index (χ4n) is 1.35. The molecule has 0 aromatic heterocycles. The molecule has 0 bridgehead atoms. The second-order valence-electron chi connectivity index (χ2n) is 3.35. The topological polar surface area (TPSA) is 43.4 Å². The van der Waals surface area contributed by atoms with Crippen LogP contribution in [0.25, 0.3) is 0 Å². The number of hydrogen-bond acceptors (Lipinski definition) is 4. The third kappa shape index (κ3) is 3.06. The van der Waals surface area contributed by atoms with Gasteiger partial charge in [-0.15, -0.1) is 11.8 Å². The fourth-order valence-corrected chi connectivity index (χ4v) is 1.97. The number of carbonyl (C=O) groups is 2. The summed E-state index contributed by atoms with van der Waals surface area (Å²) in [6.45, 7) is 3.42. The zero-order valence-electron chi connectivity index (χ0n) is 9.87. The van der Waals surface area contributed by atoms with E-state index in [0.717, 1.165) is 10.5 Å². The molecule has 0 aliphatic rings. The zero-order chi connectivity index (χ0) is 13.0. The van der Waals surface area contributed by atoms with Crippen molar-refractivity contribution in [2.45, 2.75) is 18.7 Å². The maximum Gasteiger partial charge on any atom is 0.379 e. The van der Waals surface area contributed by atoms with Crippen LogP contribution in [0.4, 0.5) is 4.39 Å². The molecule has 1 aromatic rings. The SMILES string of the molecule is CCOC(=O)C(=O)c1cc(SC)c(C)cc1F. The van der Waals surface area contributed by atoms with Crippen molar-refractivity contribution in [3.63, 3.8) is 0 Å². The molecule has 0 amide bonds. The fraction of sp³-hybridized carbons (Fsp3) is 0.333. The summed E-state index contributed by atoms with van der Waals surface area (Å²) in [5.41, 5.74) is 0.494. The van der Waals surface area contributed by atoms with E-state index in [1.54, 1.807) is 13.8 Å². The summed E-state index contributed by atoms with van der Waals surface area (Å²) in [6, 6.07) is 2.63. The van der Waals surface area contributed by atoms with E-state index < -0.39 is 17.6 Å². The molecule has 0 saturated carbocycles. The Balaban J connectivity index is 3.13. The van der Waals surface area contributed by atoms with Crippen molar-refractivity contribution in [3.05, 3.63) is 29.1 Å². The minimum absolute atomic E-state index is 0.0907. The van der Waals surface area contributed by atoms with Gasteiger partial charge in [-0.25, -0.2) is 9.18 Å². The van der Waals surface area contributed by atoms with Crippen LogP contribution in [0.1, 0.15) is 22.8 Å². The molecule has 0 aliphatic heterocycles. The number of ether oxygens (including phenoxy) is 1. The number of ketones is 1. The summed E-state index contributed by atoms with van der Waals surface area (Å²) in [5.74, 6) is -2.67. The molecule has 92 valence electrons. The number of aryl methyl sites for hydroxylation is 1. The normalized spacial score (nSPS) is 10.1. The van der Waals surface area contributed by atoms with Crippen molar-refractivity contribution in [1.82, 2.24) is 0 Å². The maximum atomic E-state index is 13.6. The van der Waals surface area contributed by atoms with Crippen molar-refractivity contribution < 1.29 is 18.7 Å². The number of halogens is 1. The Kier molecular flexibility index (Phi) is 4.69. The highest BCUT2D eigenvalue weighted by Crippen LogP contribution is 2.23. The number of hydrogen-bond donors (Lipinski definition) is 0. The molecule has 0 aliphatic carbocycles. The van der Waals surface area contributed by atoms with Gasteiger partial charge in [0.05, 0.1) is 12.2 Å². The Labute approximate surface area is 103 Å². The van der Waals surface area contributed by atoms with Crippen molar-refractivity contribution in [3.8, 4) is 0 Å². The van der Waals surface area contributed by atoms with Crippen LogP contribution in [0, 0.1) is 12.7 Å². The Hall–Kier alpha value is -1.36. The van der Waals surface area contributed by atoms with Gasteiger partial charge in [0.15, 0.2) is 0 Å². The first-order valence-corrected chi connectivity index (χ1v) is 6.29. The van der Waals surface area contributed by atoms with E-state index in [1.165, 1.54) is 23.9 Å². The van der Waals surface area contributed by atoms with Gasteiger partial charge in [0.25, 0.3) is 5.78 Å². The smallest absolute Gasteiger partial charge is 0.379 e. The molecular formula is C12H13FO3S. The minimum Gasteiger partial charge on any atom is -0.460 e. The molecule has 1 rings (SSSR count). The molecule has 1 aromatic carbocycles. The van der Waals surface area contributed by atoms with Gasteiger partial charge in [-0.3, -0.25) is 4.79 Å². The van der Waals surface area contributed by atoms with Crippen LogP contribution in [0.3, 0.4) is 0 Å². The van der Waals surface area contributed by atoms with E-state index in [0.29, 0.717) is 0 Å². The lowest BCUT2D eigenvalue weighted by molar-refractivity contribution is -0.137. The van der Waals surface area contributed by atoms with Gasteiger partial charge in [-0.2, -0.15) is 0 Å². The molecule has 0 fully saturated rings. The first kappa shape index (κ1) is 13.7. The van der Waals surface area contributed by atoms with Gasteiger partial charge < -0.3 is 4.74 Å². The third-order valence-corrected chi connectivity index (χ3v) is 3.07. The molecule has 0 saturated heterocycles. The van der Waals surface area contributed by atoms with Crippen molar-refractivity contribution in [2.75, 3.05) is 12.9 Å². The summed E-state index contributed by atoms with van der Waals surface area (Å²) < 4.78 is 18.1. The molecule has 0 N–H and O–H groups in total. The molecule has 0 unspecified atom stereocenters. The average Bonchev–Trinajstić information content (AvgIpc) is 2.29. The first-order valence-electron chi connectivity index (χ1n) is 5.06. The number of thioether (sulfide) groups is 1. The Morgan fingerprint density at radius 2 is 2.06 bits per heavy atom. The van der Waals surface area contributed by atoms with Crippen LogP contribution in [0.5, 0.6) is 0 Å². The summed E-state index contributed by atoms with van der Waals surface area (Å²) in [7, 11) is 0. The predicted octanol–water partition coefficient (Wildman–Crippen LogP) is 2.60. The second-order valence-corrected chi connectivity index (χ2v) is 4.20. The summed E-state index contributed by atoms with van der Waals surface area (Å²) in [5, 5.41) is 0. The van der Waals surface area contributed by atoms with E-state index in [4.69, 9.17) is 0 Å². The van der Waals surface area contributed by atoms with Crippen LogP contribution < -0.4 is 0 Å². The summed E-state index contributed by atoms with van der Waals surface area (Å²) in [6.07, 6.45) is 1.82. The molecule has 0 spiro atoms. The summed E-state index contributed by atoms with van der Waals surface area (Å²) >= 11 is 1.39. The van der Waals surface area contributed by atoms with Crippen molar-refractivity contribution >= 4 is 23.5 Å². The standard InChI is InChI=1S/C12H13FO3S/c1-4-16-12(15)11(14)8-6-10(17-3)7(2)5-9(8)13/h5-6H,4H2,1-3H3. The molecule has 17 heavy (non-hydrogen) atoms.